The maximum absolute atomic E-state index is 5.31. The quantitative estimate of drug-likeness (QED) is 0.467. The van der Waals surface area contributed by atoms with Crippen LogP contribution in [-0.4, -0.2) is 59.1 Å². The average Bonchev–Trinajstić information content (AvgIpc) is 2.06. The third kappa shape index (κ3) is 18.7. The van der Waals surface area contributed by atoms with Gasteiger partial charge in [-0.25, -0.2) is 0 Å². The van der Waals surface area contributed by atoms with Crippen LogP contribution in [0.5, 0.6) is 0 Å². The first kappa shape index (κ1) is 15.4. The molecule has 0 heterocycles. The van der Waals surface area contributed by atoms with Crippen molar-refractivity contribution in [1.82, 2.24) is 0 Å². The molecule has 0 saturated carbocycles. The van der Waals surface area contributed by atoms with Crippen molar-refractivity contribution >= 4 is 0 Å². The molecule has 0 atom stereocenters. The molecule has 13 heavy (non-hydrogen) atoms. The summed E-state index contributed by atoms with van der Waals surface area (Å²) in [6.07, 6.45) is 0. The summed E-state index contributed by atoms with van der Waals surface area (Å²) in [5.41, 5.74) is 0. The second-order valence-corrected chi connectivity index (χ2v) is 3.62. The number of rotatable bonds is 6. The lowest BCUT2D eigenvalue weighted by atomic mass is 10.5. The lowest BCUT2D eigenvalue weighted by Gasteiger charge is -2.23. The Bertz CT molecular complexity index is 89.4. The van der Waals surface area contributed by atoms with Crippen molar-refractivity contribution in [3.63, 3.8) is 0 Å². The molecule has 82 valence electrons. The monoisotopic (exact) mass is 192 g/mol. The summed E-state index contributed by atoms with van der Waals surface area (Å²) in [6, 6.07) is 0. The fourth-order valence-corrected chi connectivity index (χ4v) is 0.583. The molecule has 0 aliphatic heterocycles. The molecule has 0 rings (SSSR count). The van der Waals surface area contributed by atoms with Crippen LogP contribution in [0, 0.1) is 0 Å². The summed E-state index contributed by atoms with van der Waals surface area (Å²) < 4.78 is 11.1. The maximum Gasteiger partial charge on any atom is 0.102 e. The predicted octanol–water partition coefficient (Wildman–Crippen LogP) is 1.38. The predicted molar refractivity (Wildman–Crippen MR) is 56.9 cm³/mol. The number of hydrogen-bond acceptors (Lipinski definition) is 2. The zero-order valence-electron chi connectivity index (χ0n) is 10.1. The van der Waals surface area contributed by atoms with E-state index in [9.17, 15) is 0 Å². The first-order chi connectivity index (χ1) is 6.06. The number of nitrogens with zero attached hydrogens (tertiary/aromatic N) is 1. The van der Waals surface area contributed by atoms with Crippen LogP contribution in [0.2, 0.25) is 0 Å². The second kappa shape index (κ2) is 9.96. The van der Waals surface area contributed by atoms with Crippen LogP contribution in [0.3, 0.4) is 0 Å². The summed E-state index contributed by atoms with van der Waals surface area (Å²) in [5.74, 6) is 0. The van der Waals surface area contributed by atoms with Crippen molar-refractivity contribution in [3.8, 4) is 0 Å². The fraction of sp³-hybridized carbons (Fsp3) is 1.00. The first-order valence-corrected chi connectivity index (χ1v) is 4.93. The number of methoxy groups -OCH3 is 1. The molecule has 0 saturated heterocycles. The molecule has 0 aromatic heterocycles. The Kier molecular flexibility index (Phi) is 11.8. The molecule has 0 aromatic carbocycles. The van der Waals surface area contributed by atoms with E-state index in [1.54, 1.807) is 7.11 Å². The minimum atomic E-state index is 0.692. The largest absolute Gasteiger partial charge is 0.382 e. The van der Waals surface area contributed by atoms with Gasteiger partial charge in [0, 0.05) is 7.11 Å². The Hall–Kier alpha value is -0.120. The SMILES string of the molecule is CC.COCCOCC[N+](C)(C)C. The van der Waals surface area contributed by atoms with Crippen molar-refractivity contribution in [1.29, 1.82) is 0 Å². The molecule has 0 unspecified atom stereocenters. The number of quaternary nitrogens is 1. The first-order valence-electron chi connectivity index (χ1n) is 4.93. The summed E-state index contributed by atoms with van der Waals surface area (Å²) in [6.45, 7) is 7.25. The van der Waals surface area contributed by atoms with Gasteiger partial charge in [-0.15, -0.1) is 0 Å². The van der Waals surface area contributed by atoms with Crippen LogP contribution < -0.4 is 0 Å². The second-order valence-electron chi connectivity index (χ2n) is 3.62. The molecular weight excluding hydrogens is 166 g/mol. The van der Waals surface area contributed by atoms with Crippen molar-refractivity contribution in [2.24, 2.45) is 0 Å². The Labute approximate surface area is 83.2 Å². The van der Waals surface area contributed by atoms with Gasteiger partial charge in [-0.2, -0.15) is 0 Å². The third-order valence-electron chi connectivity index (χ3n) is 1.34. The number of ether oxygens (including phenoxy) is 2. The number of hydrogen-bond donors (Lipinski definition) is 0. The molecule has 3 nitrogen and oxygen atoms in total. The van der Waals surface area contributed by atoms with E-state index in [-0.39, 0.29) is 0 Å². The van der Waals surface area contributed by atoms with E-state index < -0.39 is 0 Å². The van der Waals surface area contributed by atoms with Crippen molar-refractivity contribution in [3.05, 3.63) is 0 Å². The van der Waals surface area contributed by atoms with E-state index in [0.717, 1.165) is 17.6 Å². The molecule has 3 heteroatoms. The summed E-state index contributed by atoms with van der Waals surface area (Å²) in [4.78, 5) is 0. The highest BCUT2D eigenvalue weighted by atomic mass is 16.5. The van der Waals surface area contributed by atoms with Crippen LogP contribution in [0.15, 0.2) is 0 Å². The Balaban J connectivity index is 0. The van der Waals surface area contributed by atoms with Crippen LogP contribution in [0.1, 0.15) is 13.8 Å². The van der Waals surface area contributed by atoms with Gasteiger partial charge in [0.1, 0.15) is 6.54 Å². The highest BCUT2D eigenvalue weighted by Gasteiger charge is 2.04. The summed E-state index contributed by atoms with van der Waals surface area (Å²) in [7, 11) is 8.14. The van der Waals surface area contributed by atoms with Crippen LogP contribution in [0.4, 0.5) is 0 Å². The summed E-state index contributed by atoms with van der Waals surface area (Å²) in [5, 5.41) is 0. The Morgan fingerprint density at radius 3 is 1.85 bits per heavy atom. The topological polar surface area (TPSA) is 18.5 Å². The molecule has 0 aromatic rings. The van der Waals surface area contributed by atoms with Crippen molar-refractivity contribution in [2.45, 2.75) is 13.8 Å². The molecule has 0 spiro atoms. The molecule has 0 aliphatic carbocycles. The van der Waals surface area contributed by atoms with E-state index in [2.05, 4.69) is 21.1 Å². The van der Waals surface area contributed by atoms with Crippen molar-refractivity contribution < 1.29 is 14.0 Å². The normalized spacial score (nSPS) is 10.6. The standard InChI is InChI=1S/C8H20NO2.C2H6/c1-9(2,3)5-6-11-8-7-10-4;1-2/h5-8H2,1-4H3;1-2H3/q+1;. The highest BCUT2D eigenvalue weighted by molar-refractivity contribution is 4.30. The smallest absolute Gasteiger partial charge is 0.102 e. The lowest BCUT2D eigenvalue weighted by molar-refractivity contribution is -0.870. The maximum atomic E-state index is 5.31. The van der Waals surface area contributed by atoms with Gasteiger partial charge < -0.3 is 14.0 Å². The highest BCUT2D eigenvalue weighted by Crippen LogP contribution is 1.88. The molecule has 0 N–H and O–H groups in total. The van der Waals surface area contributed by atoms with Crippen LogP contribution in [-0.2, 0) is 9.47 Å². The molecule has 0 bridgehead atoms. The van der Waals surface area contributed by atoms with Gasteiger partial charge in [0.05, 0.1) is 41.0 Å². The van der Waals surface area contributed by atoms with E-state index in [0.29, 0.717) is 13.2 Å². The van der Waals surface area contributed by atoms with Gasteiger partial charge in [-0.3, -0.25) is 0 Å². The average molecular weight is 192 g/mol. The number of likely N-dealkylation sites (N-methyl/N-ethyl adjacent to an activating group) is 1. The molecule has 0 radical (unpaired) electrons. The Morgan fingerprint density at radius 1 is 0.923 bits per heavy atom. The van der Waals surface area contributed by atoms with Crippen molar-refractivity contribution in [2.75, 3.05) is 54.6 Å². The molecule has 0 amide bonds. The van der Waals surface area contributed by atoms with Gasteiger partial charge in [0.2, 0.25) is 0 Å². The zero-order chi connectivity index (χ0) is 10.7. The van der Waals surface area contributed by atoms with E-state index >= 15 is 0 Å². The Morgan fingerprint density at radius 2 is 1.46 bits per heavy atom. The van der Waals surface area contributed by atoms with E-state index in [1.807, 2.05) is 13.8 Å². The van der Waals surface area contributed by atoms with Crippen LogP contribution >= 0.6 is 0 Å². The van der Waals surface area contributed by atoms with E-state index in [1.165, 1.54) is 0 Å². The molecule has 0 aliphatic rings. The van der Waals surface area contributed by atoms with Crippen LogP contribution in [0.25, 0.3) is 0 Å². The lowest BCUT2D eigenvalue weighted by Crippen LogP contribution is -2.37. The van der Waals surface area contributed by atoms with Gasteiger partial charge in [0.15, 0.2) is 0 Å². The van der Waals surface area contributed by atoms with Gasteiger partial charge in [0.25, 0.3) is 0 Å². The van der Waals surface area contributed by atoms with Gasteiger partial charge >= 0.3 is 0 Å². The summed E-state index contributed by atoms with van der Waals surface area (Å²) >= 11 is 0. The molecule has 0 fully saturated rings. The molecular formula is C10H26NO2+. The zero-order valence-corrected chi connectivity index (χ0v) is 10.1. The minimum absolute atomic E-state index is 0.692. The fourth-order valence-electron chi connectivity index (χ4n) is 0.583. The minimum Gasteiger partial charge on any atom is -0.382 e. The van der Waals surface area contributed by atoms with E-state index in [4.69, 9.17) is 9.47 Å². The third-order valence-corrected chi connectivity index (χ3v) is 1.34. The van der Waals surface area contributed by atoms with Gasteiger partial charge in [-0.05, 0) is 0 Å². The van der Waals surface area contributed by atoms with Gasteiger partial charge in [-0.1, -0.05) is 13.8 Å².